The molecule has 0 heterocycles. The van der Waals surface area contributed by atoms with Gasteiger partial charge in [-0.2, -0.15) is 0 Å². The molecule has 0 fully saturated rings. The van der Waals surface area contributed by atoms with E-state index in [9.17, 15) is 9.59 Å². The van der Waals surface area contributed by atoms with Crippen molar-refractivity contribution in [3.8, 4) is 0 Å². The van der Waals surface area contributed by atoms with Crippen LogP contribution >= 0.6 is 11.6 Å². The third-order valence-corrected chi connectivity index (χ3v) is 2.12. The molecule has 5 nitrogen and oxygen atoms in total. The Kier molecular flexibility index (Phi) is 5.29. The van der Waals surface area contributed by atoms with Crippen LogP contribution in [-0.2, 0) is 14.3 Å². The van der Waals surface area contributed by atoms with Crippen LogP contribution in [0.15, 0.2) is 30.3 Å². The number of alkyl halides is 1. The minimum Gasteiger partial charge on any atom is -0.453 e. The van der Waals surface area contributed by atoms with E-state index in [1.54, 1.807) is 30.3 Å². The molecule has 1 rings (SSSR count). The highest BCUT2D eigenvalue weighted by molar-refractivity contribution is 6.17. The summed E-state index contributed by atoms with van der Waals surface area (Å²) >= 11 is 5.31. The lowest BCUT2D eigenvalue weighted by molar-refractivity contribution is -0.144. The Morgan fingerprint density at radius 1 is 1.35 bits per heavy atom. The number of hydrogen-bond acceptors (Lipinski definition) is 4. The summed E-state index contributed by atoms with van der Waals surface area (Å²) in [5, 5.41) is 2.37. The second kappa shape index (κ2) is 6.75. The zero-order valence-electron chi connectivity index (χ0n) is 9.18. The molecule has 1 N–H and O–H groups in total. The quantitative estimate of drug-likeness (QED) is 0.660. The van der Waals surface area contributed by atoms with Crippen LogP contribution in [0.4, 0.5) is 4.79 Å². The van der Waals surface area contributed by atoms with Crippen molar-refractivity contribution in [2.75, 3.05) is 13.2 Å². The fourth-order valence-corrected chi connectivity index (χ4v) is 1.35. The van der Waals surface area contributed by atoms with Crippen LogP contribution in [0.1, 0.15) is 11.6 Å². The molecule has 0 saturated heterocycles. The molecule has 1 unspecified atom stereocenters. The van der Waals surface area contributed by atoms with Gasteiger partial charge in [-0.25, -0.2) is 9.59 Å². The van der Waals surface area contributed by atoms with Gasteiger partial charge in [-0.3, -0.25) is 0 Å². The number of ether oxygens (including phenoxy) is 2. The van der Waals surface area contributed by atoms with Crippen molar-refractivity contribution in [3.63, 3.8) is 0 Å². The highest BCUT2D eigenvalue weighted by Gasteiger charge is 2.24. The zero-order chi connectivity index (χ0) is 12.7. The Bertz CT molecular complexity index is 382. The Morgan fingerprint density at radius 2 is 2.00 bits per heavy atom. The molecule has 0 bridgehead atoms. The van der Waals surface area contributed by atoms with Gasteiger partial charge in [0.1, 0.15) is 0 Å². The van der Waals surface area contributed by atoms with Crippen molar-refractivity contribution < 1.29 is 19.1 Å². The highest BCUT2D eigenvalue weighted by atomic mass is 35.5. The first kappa shape index (κ1) is 13.3. The standard InChI is InChI=1S/C11H12ClNO4/c1-16-11(15)13-9(10(14)17-7-12)8-5-3-2-4-6-8/h2-6,9H,7H2,1H3,(H,13,15). The van der Waals surface area contributed by atoms with Crippen LogP contribution in [0.25, 0.3) is 0 Å². The van der Waals surface area contributed by atoms with Gasteiger partial charge in [0, 0.05) is 0 Å². The summed E-state index contributed by atoms with van der Waals surface area (Å²) in [6, 6.07) is 7.47. The van der Waals surface area contributed by atoms with Crippen LogP contribution in [0.2, 0.25) is 0 Å². The Hall–Kier alpha value is -1.75. The molecule has 1 amide bonds. The molecule has 0 aliphatic rings. The van der Waals surface area contributed by atoms with Crippen molar-refractivity contribution in [3.05, 3.63) is 35.9 Å². The molecule has 0 aliphatic carbocycles. The maximum absolute atomic E-state index is 11.6. The lowest BCUT2D eigenvalue weighted by Crippen LogP contribution is -2.34. The zero-order valence-corrected chi connectivity index (χ0v) is 9.94. The maximum Gasteiger partial charge on any atom is 0.407 e. The number of carbonyl (C=O) groups excluding carboxylic acids is 2. The van der Waals surface area contributed by atoms with E-state index >= 15 is 0 Å². The van der Waals surface area contributed by atoms with Crippen LogP contribution in [-0.4, -0.2) is 25.2 Å². The van der Waals surface area contributed by atoms with Gasteiger partial charge in [0.25, 0.3) is 0 Å². The number of esters is 1. The summed E-state index contributed by atoms with van der Waals surface area (Å²) in [7, 11) is 1.21. The van der Waals surface area contributed by atoms with E-state index in [0.717, 1.165) is 0 Å². The van der Waals surface area contributed by atoms with E-state index in [-0.39, 0.29) is 6.07 Å². The second-order valence-corrected chi connectivity index (χ2v) is 3.27. The lowest BCUT2D eigenvalue weighted by Gasteiger charge is -2.16. The molecule has 0 aromatic heterocycles. The van der Waals surface area contributed by atoms with Gasteiger partial charge >= 0.3 is 12.1 Å². The van der Waals surface area contributed by atoms with Crippen LogP contribution in [0.5, 0.6) is 0 Å². The van der Waals surface area contributed by atoms with Crippen LogP contribution < -0.4 is 5.32 Å². The number of hydrogen-bond donors (Lipinski definition) is 1. The summed E-state index contributed by atoms with van der Waals surface area (Å²) < 4.78 is 9.10. The number of rotatable bonds is 4. The third-order valence-electron chi connectivity index (χ3n) is 2.01. The topological polar surface area (TPSA) is 64.6 Å². The summed E-state index contributed by atoms with van der Waals surface area (Å²) in [4.78, 5) is 22.7. The molecule has 92 valence electrons. The first-order valence-electron chi connectivity index (χ1n) is 4.81. The van der Waals surface area contributed by atoms with Gasteiger partial charge in [-0.1, -0.05) is 41.9 Å². The van der Waals surface area contributed by atoms with Crippen molar-refractivity contribution >= 4 is 23.7 Å². The SMILES string of the molecule is COC(=O)NC(C(=O)OCCl)c1ccccc1. The molecule has 0 saturated carbocycles. The van der Waals surface area contributed by atoms with Crippen LogP contribution in [0.3, 0.4) is 0 Å². The predicted octanol–water partition coefficient (Wildman–Crippen LogP) is 1.82. The van der Waals surface area contributed by atoms with E-state index in [1.165, 1.54) is 7.11 Å². The molecule has 1 aromatic rings. The fraction of sp³-hybridized carbons (Fsp3) is 0.273. The maximum atomic E-state index is 11.6. The van der Waals surface area contributed by atoms with Gasteiger partial charge in [-0.05, 0) is 5.56 Å². The highest BCUT2D eigenvalue weighted by Crippen LogP contribution is 2.14. The number of carbonyl (C=O) groups is 2. The van der Waals surface area contributed by atoms with Crippen LogP contribution in [0, 0.1) is 0 Å². The molecule has 0 spiro atoms. The van der Waals surface area contributed by atoms with Crippen molar-refractivity contribution in [1.82, 2.24) is 5.32 Å². The van der Waals surface area contributed by atoms with E-state index in [1.807, 2.05) is 0 Å². The average molecular weight is 258 g/mol. The number of methoxy groups -OCH3 is 1. The molecule has 0 aliphatic heterocycles. The minimum absolute atomic E-state index is 0.273. The summed E-state index contributed by atoms with van der Waals surface area (Å²) in [6.07, 6.45) is -0.717. The Labute approximate surface area is 104 Å². The van der Waals surface area contributed by atoms with Crippen molar-refractivity contribution in [1.29, 1.82) is 0 Å². The molecular weight excluding hydrogens is 246 g/mol. The third kappa shape index (κ3) is 3.96. The smallest absolute Gasteiger partial charge is 0.407 e. The molecule has 1 atom stereocenters. The molecular formula is C11H12ClNO4. The predicted molar refractivity (Wildman–Crippen MR) is 61.5 cm³/mol. The first-order chi connectivity index (χ1) is 8.19. The lowest BCUT2D eigenvalue weighted by atomic mass is 10.1. The molecule has 6 heteroatoms. The van der Waals surface area contributed by atoms with E-state index in [4.69, 9.17) is 11.6 Å². The van der Waals surface area contributed by atoms with Crippen molar-refractivity contribution in [2.24, 2.45) is 0 Å². The Balaban J connectivity index is 2.86. The van der Waals surface area contributed by atoms with E-state index < -0.39 is 18.1 Å². The largest absolute Gasteiger partial charge is 0.453 e. The van der Waals surface area contributed by atoms with E-state index in [2.05, 4.69) is 14.8 Å². The van der Waals surface area contributed by atoms with Gasteiger partial charge in [0.2, 0.25) is 0 Å². The minimum atomic E-state index is -0.928. The van der Waals surface area contributed by atoms with Gasteiger partial charge in [-0.15, -0.1) is 0 Å². The molecule has 17 heavy (non-hydrogen) atoms. The summed E-state index contributed by atoms with van der Waals surface area (Å²) in [5.74, 6) is -0.642. The number of halogens is 1. The normalized spacial score (nSPS) is 11.4. The number of alkyl carbamates (subject to hydrolysis) is 1. The average Bonchev–Trinajstić information content (AvgIpc) is 2.36. The van der Waals surface area contributed by atoms with Gasteiger partial charge in [0.05, 0.1) is 7.11 Å². The second-order valence-electron chi connectivity index (χ2n) is 3.05. The summed E-state index contributed by atoms with van der Waals surface area (Å²) in [6.45, 7) is 0. The van der Waals surface area contributed by atoms with Crippen molar-refractivity contribution in [2.45, 2.75) is 6.04 Å². The van der Waals surface area contributed by atoms with E-state index in [0.29, 0.717) is 5.56 Å². The van der Waals surface area contributed by atoms with Gasteiger partial charge < -0.3 is 14.8 Å². The summed E-state index contributed by atoms with van der Waals surface area (Å²) in [5.41, 5.74) is 0.591. The first-order valence-corrected chi connectivity index (χ1v) is 5.34. The van der Waals surface area contributed by atoms with Gasteiger partial charge in [0.15, 0.2) is 12.1 Å². The number of nitrogens with one attached hydrogen (secondary N) is 1. The Morgan fingerprint density at radius 3 is 2.53 bits per heavy atom. The number of amides is 1. The monoisotopic (exact) mass is 257 g/mol. The fourth-order valence-electron chi connectivity index (χ4n) is 1.24. The molecule has 1 aromatic carbocycles. The number of benzene rings is 1. The molecule has 0 radical (unpaired) electrons.